The first-order valence-electron chi connectivity index (χ1n) is 13.9. The molecule has 0 amide bonds. The number of nitrogens with zero attached hydrogens (tertiary/aromatic N) is 4. The standard InChI is InChI=1S/C33H21ClN4O6S/c34-22-12-9-20(10-13-22)31-25-15-11-19-5-1-3-7-24(19)30(25)35-33-36(31)32(39)29(45-33)17-21-6-2-4-8-27(21)44-28-16-14-23(37(40)41)18-26(28)38(42)43/h1-10,12-14,16-18,31H,11,15H2/b29-17-/t31-/m0/s1. The van der Waals surface area contributed by atoms with Crippen molar-refractivity contribution in [1.29, 1.82) is 0 Å². The predicted octanol–water partition coefficient (Wildman–Crippen LogP) is 6.58. The van der Waals surface area contributed by atoms with E-state index in [0.29, 0.717) is 19.9 Å². The Labute approximate surface area is 263 Å². The van der Waals surface area contributed by atoms with Crippen molar-refractivity contribution in [2.75, 3.05) is 0 Å². The van der Waals surface area contributed by atoms with Crippen LogP contribution in [-0.2, 0) is 6.42 Å². The third kappa shape index (κ3) is 5.11. The Balaban J connectivity index is 1.37. The molecule has 0 saturated carbocycles. The van der Waals surface area contributed by atoms with E-state index in [1.165, 1.54) is 23.0 Å². The Kier molecular flexibility index (Phi) is 7.11. The topological polar surface area (TPSA) is 130 Å². The Morgan fingerprint density at radius 2 is 1.67 bits per heavy atom. The van der Waals surface area contributed by atoms with Crippen LogP contribution in [0.4, 0.5) is 11.4 Å². The summed E-state index contributed by atoms with van der Waals surface area (Å²) >= 11 is 7.47. The Bertz CT molecular complexity index is 2260. The number of fused-ring (bicyclic) bond motifs is 3. The highest BCUT2D eigenvalue weighted by Gasteiger charge is 2.32. The van der Waals surface area contributed by atoms with Crippen LogP contribution in [0.25, 0.3) is 11.8 Å². The van der Waals surface area contributed by atoms with Crippen molar-refractivity contribution in [3.05, 3.63) is 164 Å². The van der Waals surface area contributed by atoms with Gasteiger partial charge in [0, 0.05) is 22.2 Å². The van der Waals surface area contributed by atoms with Gasteiger partial charge < -0.3 is 4.74 Å². The lowest BCUT2D eigenvalue weighted by molar-refractivity contribution is -0.394. The quantitative estimate of drug-likeness (QED) is 0.153. The second kappa shape index (κ2) is 11.3. The Hall–Kier alpha value is -5.39. The van der Waals surface area contributed by atoms with Crippen molar-refractivity contribution in [1.82, 2.24) is 4.57 Å². The van der Waals surface area contributed by atoms with E-state index in [2.05, 4.69) is 12.1 Å². The van der Waals surface area contributed by atoms with Crippen LogP contribution in [-0.4, -0.2) is 14.4 Å². The maximum absolute atomic E-state index is 14.1. The van der Waals surface area contributed by atoms with E-state index >= 15 is 0 Å². The van der Waals surface area contributed by atoms with Gasteiger partial charge in [-0.3, -0.25) is 29.6 Å². The average molecular weight is 637 g/mol. The summed E-state index contributed by atoms with van der Waals surface area (Å²) in [6.07, 6.45) is 3.25. The molecule has 45 heavy (non-hydrogen) atoms. The smallest absolute Gasteiger partial charge is 0.318 e. The number of allylic oxidation sites excluding steroid dienone is 1. The summed E-state index contributed by atoms with van der Waals surface area (Å²) in [6.45, 7) is 0. The normalized spacial score (nSPS) is 15.5. The van der Waals surface area contributed by atoms with Gasteiger partial charge in [-0.25, -0.2) is 4.99 Å². The lowest BCUT2D eigenvalue weighted by atomic mass is 9.83. The van der Waals surface area contributed by atoms with E-state index in [-0.39, 0.29) is 23.1 Å². The number of hydrogen-bond donors (Lipinski definition) is 0. The molecule has 0 fully saturated rings. The number of rotatable bonds is 6. The minimum absolute atomic E-state index is 0.165. The van der Waals surface area contributed by atoms with Gasteiger partial charge in [-0.15, -0.1) is 0 Å². The highest BCUT2D eigenvalue weighted by atomic mass is 35.5. The number of ether oxygens (including phenoxy) is 1. The van der Waals surface area contributed by atoms with E-state index in [1.807, 2.05) is 36.4 Å². The maximum atomic E-state index is 14.1. The van der Waals surface area contributed by atoms with Gasteiger partial charge >= 0.3 is 5.69 Å². The number of benzene rings is 4. The summed E-state index contributed by atoms with van der Waals surface area (Å²) in [4.78, 5) is 41.1. The summed E-state index contributed by atoms with van der Waals surface area (Å²) in [5.41, 5.74) is 4.40. The highest BCUT2D eigenvalue weighted by Crippen LogP contribution is 2.41. The molecule has 7 rings (SSSR count). The number of non-ortho nitro benzene ring substituents is 1. The maximum Gasteiger partial charge on any atom is 0.318 e. The van der Waals surface area contributed by atoms with Crippen molar-refractivity contribution >= 4 is 46.1 Å². The van der Waals surface area contributed by atoms with Crippen molar-refractivity contribution < 1.29 is 14.6 Å². The number of nitro groups is 2. The van der Waals surface area contributed by atoms with Gasteiger partial charge in [-0.1, -0.05) is 77.5 Å². The van der Waals surface area contributed by atoms with Crippen LogP contribution in [0.5, 0.6) is 11.5 Å². The molecule has 0 bridgehead atoms. The van der Waals surface area contributed by atoms with Gasteiger partial charge in [0.15, 0.2) is 4.80 Å². The van der Waals surface area contributed by atoms with E-state index in [0.717, 1.165) is 47.4 Å². The first-order valence-corrected chi connectivity index (χ1v) is 15.1. The van der Waals surface area contributed by atoms with E-state index in [9.17, 15) is 25.0 Å². The number of thiazole rings is 1. The van der Waals surface area contributed by atoms with Crippen molar-refractivity contribution in [3.8, 4) is 11.5 Å². The molecule has 0 radical (unpaired) electrons. The molecule has 0 N–H and O–H groups in total. The number of hydrogen-bond acceptors (Lipinski definition) is 8. The Morgan fingerprint density at radius 3 is 2.44 bits per heavy atom. The first kappa shape index (κ1) is 28.4. The molecule has 0 saturated heterocycles. The van der Waals surface area contributed by atoms with Crippen LogP contribution in [0.3, 0.4) is 0 Å². The fourth-order valence-corrected chi connectivity index (χ4v) is 6.89. The molecule has 2 aliphatic rings. The molecule has 1 aliphatic heterocycles. The zero-order valence-corrected chi connectivity index (χ0v) is 24.8. The largest absolute Gasteiger partial charge is 0.449 e. The third-order valence-corrected chi connectivity index (χ3v) is 9.07. The molecule has 0 unspecified atom stereocenters. The molecule has 12 heteroatoms. The lowest BCUT2D eigenvalue weighted by Gasteiger charge is -2.30. The lowest BCUT2D eigenvalue weighted by Crippen LogP contribution is -2.38. The summed E-state index contributed by atoms with van der Waals surface area (Å²) in [5.74, 6) is 0.0738. The fraction of sp³-hybridized carbons (Fsp3) is 0.0909. The second-order valence-electron chi connectivity index (χ2n) is 10.5. The molecule has 1 aliphatic carbocycles. The third-order valence-electron chi connectivity index (χ3n) is 7.83. The molecule has 5 aromatic rings. The number of aryl methyl sites for hydroxylation is 1. The van der Waals surface area contributed by atoms with Crippen LogP contribution in [0.15, 0.2) is 106 Å². The van der Waals surface area contributed by atoms with E-state index < -0.39 is 21.2 Å². The fourth-order valence-electron chi connectivity index (χ4n) is 5.77. The summed E-state index contributed by atoms with van der Waals surface area (Å²) in [5, 5.41) is 23.5. The van der Waals surface area contributed by atoms with Crippen molar-refractivity contribution in [3.63, 3.8) is 0 Å². The van der Waals surface area contributed by atoms with Gasteiger partial charge in [-0.2, -0.15) is 0 Å². The molecule has 1 aromatic heterocycles. The zero-order valence-electron chi connectivity index (χ0n) is 23.3. The van der Waals surface area contributed by atoms with Crippen molar-refractivity contribution in [2.45, 2.75) is 18.9 Å². The van der Waals surface area contributed by atoms with E-state index in [1.54, 1.807) is 34.9 Å². The molecule has 10 nitrogen and oxygen atoms in total. The molecular formula is C33H21ClN4O6S. The van der Waals surface area contributed by atoms with Gasteiger partial charge in [-0.05, 0) is 59.9 Å². The van der Waals surface area contributed by atoms with Crippen molar-refractivity contribution in [2.24, 2.45) is 4.99 Å². The van der Waals surface area contributed by atoms with Gasteiger partial charge in [0.25, 0.3) is 11.2 Å². The molecular weight excluding hydrogens is 616 g/mol. The summed E-state index contributed by atoms with van der Waals surface area (Å²) < 4.78 is 8.04. The number of aromatic nitrogens is 1. The highest BCUT2D eigenvalue weighted by molar-refractivity contribution is 7.07. The zero-order chi connectivity index (χ0) is 31.2. The SMILES string of the molecule is O=c1/c(=C/c2ccccc2Oc2ccc([N+](=O)[O-])cc2[N+](=O)[O-])sc2n1[C@@H](c1ccc(Cl)cc1)C1=C(N=2)c2ccccc2CC1. The average Bonchev–Trinajstić information content (AvgIpc) is 3.35. The molecule has 222 valence electrons. The van der Waals surface area contributed by atoms with Gasteiger partial charge in [0.2, 0.25) is 5.75 Å². The van der Waals surface area contributed by atoms with Crippen LogP contribution < -0.4 is 19.6 Å². The Morgan fingerprint density at radius 1 is 0.911 bits per heavy atom. The molecule has 4 aromatic carbocycles. The minimum Gasteiger partial charge on any atom is -0.449 e. The van der Waals surface area contributed by atoms with Crippen LogP contribution in [0, 0.1) is 20.2 Å². The van der Waals surface area contributed by atoms with Gasteiger partial charge in [0.1, 0.15) is 5.75 Å². The van der Waals surface area contributed by atoms with Crippen LogP contribution >= 0.6 is 22.9 Å². The molecule has 2 heterocycles. The summed E-state index contributed by atoms with van der Waals surface area (Å²) in [7, 11) is 0. The monoisotopic (exact) mass is 636 g/mol. The number of nitro benzene ring substituents is 2. The van der Waals surface area contributed by atoms with E-state index in [4.69, 9.17) is 21.3 Å². The minimum atomic E-state index is -0.736. The van der Waals surface area contributed by atoms with Crippen LogP contribution in [0.1, 0.15) is 34.7 Å². The summed E-state index contributed by atoms with van der Waals surface area (Å²) in [6, 6.07) is 25.3. The second-order valence-corrected chi connectivity index (χ2v) is 11.9. The van der Waals surface area contributed by atoms with Crippen LogP contribution in [0.2, 0.25) is 5.02 Å². The first-order chi connectivity index (χ1) is 21.8. The number of halogens is 1. The molecule has 1 atom stereocenters. The predicted molar refractivity (Wildman–Crippen MR) is 170 cm³/mol. The number of para-hydroxylation sites is 1. The molecule has 0 spiro atoms. The van der Waals surface area contributed by atoms with Gasteiger partial charge in [0.05, 0.1) is 32.2 Å².